The van der Waals surface area contributed by atoms with Gasteiger partial charge in [0.1, 0.15) is 0 Å². The molecule has 2 N–H and O–H groups in total. The number of nitrogens with two attached hydrogens (primary N) is 1. The number of benzene rings is 1. The summed E-state index contributed by atoms with van der Waals surface area (Å²) in [5, 5.41) is 0. The molecule has 3 rings (SSSR count). The van der Waals surface area contributed by atoms with Crippen LogP contribution < -0.4 is 10.6 Å². The molecular weight excluding hydrogens is 406 g/mol. The third-order valence-electron chi connectivity index (χ3n) is 5.21. The van der Waals surface area contributed by atoms with Gasteiger partial charge in [0.15, 0.2) is 0 Å². The Morgan fingerprint density at radius 2 is 1.92 bits per heavy atom. The molecule has 2 heterocycles. The highest BCUT2D eigenvalue weighted by Crippen LogP contribution is 2.32. The number of carbonyl (C=O) groups excluding carboxylic acids is 2. The number of hydrogen-bond acceptors (Lipinski definition) is 3. The van der Waals surface area contributed by atoms with E-state index in [1.54, 1.807) is 4.90 Å². The molecule has 0 aromatic heterocycles. The Bertz CT molecular complexity index is 633. The fraction of sp³-hybridized carbons (Fsp3) is 0.556. The number of nitrogens with zero attached hydrogens (tertiary/aromatic N) is 2. The molecule has 138 valence electrons. The molecule has 0 bridgehead atoms. The summed E-state index contributed by atoms with van der Waals surface area (Å²) < 4.78 is 0.879. The quantitative estimate of drug-likeness (QED) is 0.802. The third kappa shape index (κ3) is 4.36. The third-order valence-corrected chi connectivity index (χ3v) is 5.88. The van der Waals surface area contributed by atoms with Crippen LogP contribution in [0.3, 0.4) is 0 Å². The van der Waals surface area contributed by atoms with Gasteiger partial charge in [-0.05, 0) is 53.7 Å². The zero-order chi connectivity index (χ0) is 17.3. The van der Waals surface area contributed by atoms with Gasteiger partial charge in [0, 0.05) is 36.6 Å². The highest BCUT2D eigenvalue weighted by Gasteiger charge is 2.38. The van der Waals surface area contributed by atoms with Gasteiger partial charge in [0.25, 0.3) is 0 Å². The maximum absolute atomic E-state index is 12.8. The number of halogens is 2. The van der Waals surface area contributed by atoms with Crippen molar-refractivity contribution in [1.82, 2.24) is 4.90 Å². The Morgan fingerprint density at radius 3 is 2.52 bits per heavy atom. The second-order valence-electron chi connectivity index (χ2n) is 6.88. The summed E-state index contributed by atoms with van der Waals surface area (Å²) in [6, 6.07) is 7.82. The Morgan fingerprint density at radius 1 is 1.28 bits per heavy atom. The van der Waals surface area contributed by atoms with Crippen LogP contribution in [0.1, 0.15) is 26.2 Å². The monoisotopic (exact) mass is 429 g/mol. The fourth-order valence-corrected chi connectivity index (χ4v) is 4.18. The van der Waals surface area contributed by atoms with Crippen LogP contribution in [0.4, 0.5) is 5.69 Å². The van der Waals surface area contributed by atoms with Gasteiger partial charge < -0.3 is 15.5 Å². The number of likely N-dealkylation sites (tertiary alicyclic amines) is 1. The maximum Gasteiger partial charge on any atom is 0.228 e. The van der Waals surface area contributed by atoms with Gasteiger partial charge in [-0.1, -0.05) is 12.1 Å². The lowest BCUT2D eigenvalue weighted by atomic mass is 9.90. The molecule has 0 radical (unpaired) electrons. The van der Waals surface area contributed by atoms with E-state index in [1.807, 2.05) is 36.1 Å². The molecule has 7 heteroatoms. The summed E-state index contributed by atoms with van der Waals surface area (Å²) in [6.45, 7) is 4.01. The number of para-hydroxylation sites is 1. The van der Waals surface area contributed by atoms with E-state index in [-0.39, 0.29) is 36.2 Å². The van der Waals surface area contributed by atoms with Crippen molar-refractivity contribution in [2.24, 2.45) is 17.6 Å². The Hall–Kier alpha value is -1.11. The molecule has 0 aliphatic carbocycles. The number of rotatable bonds is 3. The molecule has 0 saturated carbocycles. The molecule has 2 saturated heterocycles. The van der Waals surface area contributed by atoms with Crippen LogP contribution in [-0.2, 0) is 9.59 Å². The Kier molecular flexibility index (Phi) is 6.88. The van der Waals surface area contributed by atoms with Crippen molar-refractivity contribution in [3.8, 4) is 0 Å². The van der Waals surface area contributed by atoms with Crippen molar-refractivity contribution in [2.45, 2.75) is 32.2 Å². The van der Waals surface area contributed by atoms with Crippen LogP contribution in [-0.4, -0.2) is 42.4 Å². The van der Waals surface area contributed by atoms with Gasteiger partial charge in [0.2, 0.25) is 11.8 Å². The molecule has 1 aromatic carbocycles. The van der Waals surface area contributed by atoms with E-state index in [9.17, 15) is 9.59 Å². The topological polar surface area (TPSA) is 66.6 Å². The first kappa shape index (κ1) is 20.2. The van der Waals surface area contributed by atoms with Gasteiger partial charge in [0.05, 0.1) is 11.6 Å². The number of piperidine rings is 1. The molecule has 2 unspecified atom stereocenters. The van der Waals surface area contributed by atoms with Crippen molar-refractivity contribution in [3.05, 3.63) is 28.7 Å². The molecule has 1 aromatic rings. The highest BCUT2D eigenvalue weighted by atomic mass is 79.9. The van der Waals surface area contributed by atoms with Crippen molar-refractivity contribution in [3.63, 3.8) is 0 Å². The lowest BCUT2D eigenvalue weighted by molar-refractivity contribution is -0.137. The summed E-state index contributed by atoms with van der Waals surface area (Å²) >= 11 is 3.49. The van der Waals surface area contributed by atoms with Crippen LogP contribution in [0.25, 0.3) is 0 Å². The number of amides is 2. The Balaban J connectivity index is 0.00000225. The van der Waals surface area contributed by atoms with E-state index in [2.05, 4.69) is 15.9 Å². The van der Waals surface area contributed by atoms with Crippen LogP contribution in [0.2, 0.25) is 0 Å². The van der Waals surface area contributed by atoms with E-state index in [1.165, 1.54) is 0 Å². The lowest BCUT2D eigenvalue weighted by Crippen LogP contribution is -2.45. The van der Waals surface area contributed by atoms with Crippen LogP contribution in [0, 0.1) is 11.8 Å². The SMILES string of the molecule is CC(N)C1CCN(C(=O)C2CC(=O)N(c3ccccc3Br)C2)CC1.Cl. The smallest absolute Gasteiger partial charge is 0.228 e. The van der Waals surface area contributed by atoms with Gasteiger partial charge in [-0.3, -0.25) is 9.59 Å². The summed E-state index contributed by atoms with van der Waals surface area (Å²) in [4.78, 5) is 28.8. The van der Waals surface area contributed by atoms with Crippen LogP contribution >= 0.6 is 28.3 Å². The van der Waals surface area contributed by atoms with Crippen molar-refractivity contribution in [1.29, 1.82) is 0 Å². The van der Waals surface area contributed by atoms with Crippen molar-refractivity contribution >= 4 is 45.8 Å². The summed E-state index contributed by atoms with van der Waals surface area (Å²) in [7, 11) is 0. The molecule has 25 heavy (non-hydrogen) atoms. The number of anilines is 1. The number of carbonyl (C=O) groups is 2. The molecule has 0 spiro atoms. The highest BCUT2D eigenvalue weighted by molar-refractivity contribution is 9.10. The fourth-order valence-electron chi connectivity index (χ4n) is 3.68. The summed E-state index contributed by atoms with van der Waals surface area (Å²) in [6.07, 6.45) is 2.21. The van der Waals surface area contributed by atoms with Crippen molar-refractivity contribution in [2.75, 3.05) is 24.5 Å². The van der Waals surface area contributed by atoms with Gasteiger partial charge in [-0.25, -0.2) is 0 Å². The summed E-state index contributed by atoms with van der Waals surface area (Å²) in [5.74, 6) is 0.388. The van der Waals surface area contributed by atoms with Crippen LogP contribution in [0.5, 0.6) is 0 Å². The number of hydrogen-bond donors (Lipinski definition) is 1. The first-order valence-corrected chi connectivity index (χ1v) is 9.36. The maximum atomic E-state index is 12.8. The van der Waals surface area contributed by atoms with Gasteiger partial charge in [-0.15, -0.1) is 12.4 Å². The Labute approximate surface area is 163 Å². The predicted molar refractivity (Wildman–Crippen MR) is 105 cm³/mol. The zero-order valence-electron chi connectivity index (χ0n) is 14.4. The van der Waals surface area contributed by atoms with E-state index in [4.69, 9.17) is 5.73 Å². The first-order valence-electron chi connectivity index (χ1n) is 8.56. The minimum atomic E-state index is -0.239. The molecular formula is C18H25BrClN3O2. The average molecular weight is 431 g/mol. The second-order valence-corrected chi connectivity index (χ2v) is 7.73. The molecule has 2 amide bonds. The van der Waals surface area contributed by atoms with Crippen LogP contribution in [0.15, 0.2) is 28.7 Å². The first-order chi connectivity index (χ1) is 11.5. The van der Waals surface area contributed by atoms with Gasteiger partial charge in [-0.2, -0.15) is 0 Å². The second kappa shape index (κ2) is 8.52. The van der Waals surface area contributed by atoms with Crippen molar-refractivity contribution < 1.29 is 9.59 Å². The lowest BCUT2D eigenvalue weighted by Gasteiger charge is -2.35. The van der Waals surface area contributed by atoms with E-state index in [0.717, 1.165) is 36.1 Å². The minimum absolute atomic E-state index is 0. The molecule has 2 fully saturated rings. The molecule has 5 nitrogen and oxygen atoms in total. The largest absolute Gasteiger partial charge is 0.342 e. The zero-order valence-corrected chi connectivity index (χ0v) is 16.8. The van der Waals surface area contributed by atoms with E-state index >= 15 is 0 Å². The molecule has 2 aliphatic rings. The summed E-state index contributed by atoms with van der Waals surface area (Å²) in [5.41, 5.74) is 6.81. The van der Waals surface area contributed by atoms with E-state index < -0.39 is 0 Å². The molecule has 2 aliphatic heterocycles. The normalized spacial score (nSPS) is 22.7. The minimum Gasteiger partial charge on any atom is -0.342 e. The standard InChI is InChI=1S/C18H24BrN3O2.ClH/c1-12(20)13-6-8-21(9-7-13)18(24)14-10-17(23)22(11-14)16-5-3-2-4-15(16)19;/h2-5,12-14H,6-11,20H2,1H3;1H. The predicted octanol–water partition coefficient (Wildman–Crippen LogP) is 2.81. The molecule has 2 atom stereocenters. The average Bonchev–Trinajstić information content (AvgIpc) is 2.96. The van der Waals surface area contributed by atoms with Gasteiger partial charge >= 0.3 is 0 Å². The van der Waals surface area contributed by atoms with E-state index in [0.29, 0.717) is 18.9 Å².